The average Bonchev–Trinajstić information content (AvgIpc) is 2.86. The molecule has 0 aliphatic carbocycles. The Kier molecular flexibility index (Phi) is 10.7. The van der Waals surface area contributed by atoms with Crippen molar-refractivity contribution in [3.8, 4) is 5.75 Å². The zero-order valence-corrected chi connectivity index (χ0v) is 21.0. The molecule has 0 saturated carbocycles. The number of methoxy groups -OCH3 is 1. The van der Waals surface area contributed by atoms with Crippen molar-refractivity contribution in [3.63, 3.8) is 0 Å². The zero-order valence-electron chi connectivity index (χ0n) is 20.3. The standard InChI is InChI=1S/C27H37ClN2O4/c1-21(17-22-9-11-25(12-10-22)34-20-27(32)33-2)30(16-15-29-13-4-3-5-14-29)19-26(31)23-7-6-8-24(28)18-23/h6-12,18,21,26,31H,3-5,13-17,19-20H2,1-2H3/t21?,26-/m1/s1. The lowest BCUT2D eigenvalue weighted by Gasteiger charge is -2.34. The molecular formula is C27H37ClN2O4. The van der Waals surface area contributed by atoms with Gasteiger partial charge in [0, 0.05) is 30.7 Å². The van der Waals surface area contributed by atoms with Crippen molar-refractivity contribution < 1.29 is 19.4 Å². The lowest BCUT2D eigenvalue weighted by Crippen LogP contribution is -2.44. The minimum absolute atomic E-state index is 0.0993. The molecule has 1 fully saturated rings. The van der Waals surface area contributed by atoms with E-state index in [-0.39, 0.29) is 12.6 Å². The summed E-state index contributed by atoms with van der Waals surface area (Å²) >= 11 is 6.15. The van der Waals surface area contributed by atoms with Gasteiger partial charge in [-0.3, -0.25) is 4.90 Å². The Hall–Kier alpha value is -2.12. The van der Waals surface area contributed by atoms with Crippen molar-refractivity contribution in [2.45, 2.75) is 44.8 Å². The summed E-state index contributed by atoms with van der Waals surface area (Å²) in [5.74, 6) is 0.237. The minimum atomic E-state index is -0.600. The average molecular weight is 489 g/mol. The summed E-state index contributed by atoms with van der Waals surface area (Å²) in [6.45, 7) is 6.89. The number of benzene rings is 2. The summed E-state index contributed by atoms with van der Waals surface area (Å²) in [5, 5.41) is 11.6. The van der Waals surface area contributed by atoms with Crippen molar-refractivity contribution in [1.29, 1.82) is 0 Å². The maximum absolute atomic E-state index is 11.3. The number of nitrogens with zero attached hydrogens (tertiary/aromatic N) is 2. The van der Waals surface area contributed by atoms with Gasteiger partial charge < -0.3 is 19.5 Å². The first-order chi connectivity index (χ1) is 16.4. The molecule has 2 aromatic rings. The van der Waals surface area contributed by atoms with Gasteiger partial charge in [-0.25, -0.2) is 4.79 Å². The molecule has 7 heteroatoms. The Bertz CT molecular complexity index is 886. The molecule has 1 saturated heterocycles. The van der Waals surface area contributed by atoms with Gasteiger partial charge in [0.1, 0.15) is 5.75 Å². The third kappa shape index (κ3) is 8.58. The van der Waals surface area contributed by atoms with Crippen molar-refractivity contribution in [3.05, 3.63) is 64.7 Å². The van der Waals surface area contributed by atoms with Crippen LogP contribution < -0.4 is 4.74 Å². The summed E-state index contributed by atoms with van der Waals surface area (Å²) < 4.78 is 10.1. The molecule has 0 radical (unpaired) electrons. The van der Waals surface area contributed by atoms with Crippen LogP contribution in [0.1, 0.15) is 43.4 Å². The van der Waals surface area contributed by atoms with E-state index >= 15 is 0 Å². The fourth-order valence-corrected chi connectivity index (χ4v) is 4.58. The predicted molar refractivity (Wildman–Crippen MR) is 135 cm³/mol. The Morgan fingerprint density at radius 2 is 1.88 bits per heavy atom. The highest BCUT2D eigenvalue weighted by atomic mass is 35.5. The normalized spacial score (nSPS) is 16.3. The number of likely N-dealkylation sites (tertiary alicyclic amines) is 1. The van der Waals surface area contributed by atoms with Gasteiger partial charge in [0.25, 0.3) is 0 Å². The van der Waals surface area contributed by atoms with E-state index in [1.807, 2.05) is 48.5 Å². The fraction of sp³-hybridized carbons (Fsp3) is 0.519. The van der Waals surface area contributed by atoms with Gasteiger partial charge in [0.15, 0.2) is 6.61 Å². The molecular weight excluding hydrogens is 452 g/mol. The molecule has 34 heavy (non-hydrogen) atoms. The first-order valence-electron chi connectivity index (χ1n) is 12.1. The van der Waals surface area contributed by atoms with Crippen molar-refractivity contribution in [1.82, 2.24) is 9.80 Å². The number of piperidine rings is 1. The second-order valence-corrected chi connectivity index (χ2v) is 9.47. The number of ether oxygens (including phenoxy) is 2. The van der Waals surface area contributed by atoms with Crippen LogP contribution in [0.5, 0.6) is 5.75 Å². The van der Waals surface area contributed by atoms with Crippen LogP contribution in [0.2, 0.25) is 5.02 Å². The number of halogens is 1. The number of aliphatic hydroxyl groups excluding tert-OH is 1. The van der Waals surface area contributed by atoms with Gasteiger partial charge in [0.05, 0.1) is 13.2 Å². The van der Waals surface area contributed by atoms with E-state index in [1.54, 1.807) is 0 Å². The van der Waals surface area contributed by atoms with Crippen molar-refractivity contribution in [2.24, 2.45) is 0 Å². The number of esters is 1. The maximum atomic E-state index is 11.3. The maximum Gasteiger partial charge on any atom is 0.343 e. The Balaban J connectivity index is 1.62. The molecule has 0 aromatic heterocycles. The van der Waals surface area contributed by atoms with E-state index in [4.69, 9.17) is 16.3 Å². The van der Waals surface area contributed by atoms with E-state index in [2.05, 4.69) is 21.5 Å². The van der Waals surface area contributed by atoms with Gasteiger partial charge in [0.2, 0.25) is 0 Å². The summed E-state index contributed by atoms with van der Waals surface area (Å²) in [7, 11) is 1.34. The molecule has 186 valence electrons. The van der Waals surface area contributed by atoms with Crippen LogP contribution in [-0.4, -0.2) is 73.4 Å². The van der Waals surface area contributed by atoms with Crippen LogP contribution in [0.15, 0.2) is 48.5 Å². The molecule has 2 atom stereocenters. The number of carbonyl (C=O) groups is 1. The van der Waals surface area contributed by atoms with E-state index in [0.717, 1.165) is 38.2 Å². The van der Waals surface area contributed by atoms with Crippen LogP contribution in [-0.2, 0) is 16.0 Å². The molecule has 6 nitrogen and oxygen atoms in total. The predicted octanol–water partition coefficient (Wildman–Crippen LogP) is 4.34. The first kappa shape index (κ1) is 26.5. The molecule has 1 aliphatic rings. The highest BCUT2D eigenvalue weighted by molar-refractivity contribution is 6.30. The molecule has 1 N–H and O–H groups in total. The first-order valence-corrected chi connectivity index (χ1v) is 12.5. The van der Waals surface area contributed by atoms with E-state index < -0.39 is 12.1 Å². The largest absolute Gasteiger partial charge is 0.482 e. The van der Waals surface area contributed by atoms with Crippen molar-refractivity contribution >= 4 is 17.6 Å². The molecule has 2 aromatic carbocycles. The fourth-order valence-electron chi connectivity index (χ4n) is 4.38. The van der Waals surface area contributed by atoms with Gasteiger partial charge in [-0.2, -0.15) is 0 Å². The summed E-state index contributed by atoms with van der Waals surface area (Å²) in [6.07, 6.45) is 4.11. The highest BCUT2D eigenvalue weighted by Crippen LogP contribution is 2.21. The lowest BCUT2D eigenvalue weighted by molar-refractivity contribution is -0.142. The van der Waals surface area contributed by atoms with Crippen LogP contribution >= 0.6 is 11.6 Å². The Labute approximate surface area is 208 Å². The third-order valence-electron chi connectivity index (χ3n) is 6.46. The molecule has 1 heterocycles. The number of hydrogen-bond acceptors (Lipinski definition) is 6. The van der Waals surface area contributed by atoms with Crippen LogP contribution in [0.25, 0.3) is 0 Å². The van der Waals surface area contributed by atoms with E-state index in [0.29, 0.717) is 17.3 Å². The molecule has 0 bridgehead atoms. The molecule has 3 rings (SSSR count). The van der Waals surface area contributed by atoms with Crippen LogP contribution in [0.4, 0.5) is 0 Å². The molecule has 1 unspecified atom stereocenters. The Morgan fingerprint density at radius 3 is 2.56 bits per heavy atom. The monoisotopic (exact) mass is 488 g/mol. The highest BCUT2D eigenvalue weighted by Gasteiger charge is 2.21. The second-order valence-electron chi connectivity index (χ2n) is 9.03. The second kappa shape index (κ2) is 13.7. The quantitative estimate of drug-likeness (QED) is 0.448. The topological polar surface area (TPSA) is 62.2 Å². The summed E-state index contributed by atoms with van der Waals surface area (Å²) in [5.41, 5.74) is 2.02. The summed E-state index contributed by atoms with van der Waals surface area (Å²) in [4.78, 5) is 16.2. The SMILES string of the molecule is COC(=O)COc1ccc(CC(C)N(CCN2CCCCC2)C[C@@H](O)c2cccc(Cl)c2)cc1. The Morgan fingerprint density at radius 1 is 1.15 bits per heavy atom. The van der Waals surface area contributed by atoms with Gasteiger partial charge in [-0.15, -0.1) is 0 Å². The summed E-state index contributed by atoms with van der Waals surface area (Å²) in [6, 6.07) is 15.5. The number of aliphatic hydroxyl groups is 1. The van der Waals surface area contributed by atoms with E-state index in [1.165, 1.54) is 31.9 Å². The smallest absolute Gasteiger partial charge is 0.343 e. The van der Waals surface area contributed by atoms with Gasteiger partial charge in [-0.05, 0) is 74.7 Å². The molecule has 1 aliphatic heterocycles. The number of carbonyl (C=O) groups excluding carboxylic acids is 1. The number of hydrogen-bond donors (Lipinski definition) is 1. The third-order valence-corrected chi connectivity index (χ3v) is 6.69. The zero-order chi connectivity index (χ0) is 24.3. The lowest BCUT2D eigenvalue weighted by atomic mass is 10.0. The molecule has 0 spiro atoms. The molecule has 0 amide bonds. The van der Waals surface area contributed by atoms with Gasteiger partial charge in [-0.1, -0.05) is 42.3 Å². The van der Waals surface area contributed by atoms with Crippen molar-refractivity contribution in [2.75, 3.05) is 46.4 Å². The van der Waals surface area contributed by atoms with Gasteiger partial charge >= 0.3 is 5.97 Å². The minimum Gasteiger partial charge on any atom is -0.482 e. The van der Waals surface area contributed by atoms with Crippen LogP contribution in [0.3, 0.4) is 0 Å². The van der Waals surface area contributed by atoms with E-state index in [9.17, 15) is 9.90 Å². The van der Waals surface area contributed by atoms with Crippen LogP contribution in [0, 0.1) is 0 Å². The number of rotatable bonds is 12.